The lowest BCUT2D eigenvalue weighted by molar-refractivity contribution is 0.581. The predicted molar refractivity (Wildman–Crippen MR) is 42.2 cm³/mol. The van der Waals surface area contributed by atoms with E-state index in [0.717, 1.165) is 6.42 Å². The summed E-state index contributed by atoms with van der Waals surface area (Å²) in [5, 5.41) is 0. The van der Waals surface area contributed by atoms with Crippen LogP contribution in [0.15, 0.2) is 12.2 Å². The van der Waals surface area contributed by atoms with Crippen LogP contribution in [-0.2, 0) is 0 Å². The fourth-order valence-electron chi connectivity index (χ4n) is 0.526. The molecule has 54 valence electrons. The van der Waals surface area contributed by atoms with Gasteiger partial charge in [0.05, 0.1) is 0 Å². The zero-order valence-electron chi connectivity index (χ0n) is 6.59. The van der Waals surface area contributed by atoms with Crippen LogP contribution in [0.2, 0.25) is 0 Å². The van der Waals surface area contributed by atoms with Gasteiger partial charge in [-0.25, -0.2) is 0 Å². The van der Waals surface area contributed by atoms with Crippen LogP contribution in [-0.4, -0.2) is 6.04 Å². The molecule has 9 heavy (non-hydrogen) atoms. The third-order valence-electron chi connectivity index (χ3n) is 1.50. The highest BCUT2D eigenvalue weighted by Crippen LogP contribution is 2.01. The average Bonchev–Trinajstić information content (AvgIpc) is 1.82. The molecule has 0 aromatic rings. The Morgan fingerprint density at radius 2 is 2.00 bits per heavy atom. The van der Waals surface area contributed by atoms with E-state index < -0.39 is 0 Å². The molecule has 0 rings (SSSR count). The van der Waals surface area contributed by atoms with Gasteiger partial charge in [0.15, 0.2) is 0 Å². The van der Waals surface area contributed by atoms with E-state index in [2.05, 4.69) is 26.0 Å². The Labute approximate surface area is 57.9 Å². The Morgan fingerprint density at radius 1 is 1.44 bits per heavy atom. The van der Waals surface area contributed by atoms with Gasteiger partial charge in [0, 0.05) is 6.04 Å². The van der Waals surface area contributed by atoms with Crippen molar-refractivity contribution in [2.24, 2.45) is 11.7 Å². The number of nitrogens with two attached hydrogens (primary N) is 1. The quantitative estimate of drug-likeness (QED) is 0.576. The van der Waals surface area contributed by atoms with E-state index in [-0.39, 0.29) is 6.04 Å². The molecule has 0 aromatic carbocycles. The first-order chi connectivity index (χ1) is 4.18. The summed E-state index contributed by atoms with van der Waals surface area (Å²) in [5.41, 5.74) is 5.63. The summed E-state index contributed by atoms with van der Waals surface area (Å²) in [6.45, 7) is 6.30. The third kappa shape index (κ3) is 4.22. The van der Waals surface area contributed by atoms with Crippen molar-refractivity contribution in [2.75, 3.05) is 0 Å². The predicted octanol–water partition coefficient (Wildman–Crippen LogP) is 1.94. The molecular weight excluding hydrogens is 110 g/mol. The van der Waals surface area contributed by atoms with Crippen LogP contribution >= 0.6 is 0 Å². The van der Waals surface area contributed by atoms with E-state index in [1.807, 2.05) is 6.92 Å². The molecule has 0 amide bonds. The fraction of sp³-hybridized carbons (Fsp3) is 0.750. The van der Waals surface area contributed by atoms with E-state index in [9.17, 15) is 0 Å². The highest BCUT2D eigenvalue weighted by Gasteiger charge is 2.00. The van der Waals surface area contributed by atoms with E-state index in [1.54, 1.807) is 0 Å². The highest BCUT2D eigenvalue weighted by molar-refractivity contribution is 4.88. The van der Waals surface area contributed by atoms with Crippen molar-refractivity contribution >= 4 is 0 Å². The molecule has 0 aliphatic rings. The standard InChI is InChI=1S/C8H17N/c1-4-5-6-7(2)8(3)9/h5-8H,4,9H2,1-3H3/b6-5-/t7?,8-/m1/s1. The second-order valence-electron chi connectivity index (χ2n) is 2.55. The molecule has 1 unspecified atom stereocenters. The van der Waals surface area contributed by atoms with Crippen molar-refractivity contribution in [3.05, 3.63) is 12.2 Å². The minimum Gasteiger partial charge on any atom is -0.327 e. The molecule has 0 aromatic heterocycles. The molecule has 1 nitrogen and oxygen atoms in total. The minimum absolute atomic E-state index is 0.285. The van der Waals surface area contributed by atoms with Crippen LogP contribution in [0.4, 0.5) is 0 Å². The maximum atomic E-state index is 5.63. The Hall–Kier alpha value is -0.300. The van der Waals surface area contributed by atoms with Crippen molar-refractivity contribution < 1.29 is 0 Å². The normalized spacial score (nSPS) is 18.2. The van der Waals surface area contributed by atoms with Crippen molar-refractivity contribution in [1.29, 1.82) is 0 Å². The van der Waals surface area contributed by atoms with Crippen LogP contribution in [0.1, 0.15) is 27.2 Å². The van der Waals surface area contributed by atoms with E-state index in [0.29, 0.717) is 5.92 Å². The zero-order valence-corrected chi connectivity index (χ0v) is 6.59. The summed E-state index contributed by atoms with van der Waals surface area (Å²) >= 11 is 0. The molecule has 0 saturated heterocycles. The molecule has 0 bridgehead atoms. The van der Waals surface area contributed by atoms with Gasteiger partial charge in [-0.3, -0.25) is 0 Å². The Balaban J connectivity index is 3.48. The molecule has 0 radical (unpaired) electrons. The second-order valence-corrected chi connectivity index (χ2v) is 2.55. The number of hydrogen-bond acceptors (Lipinski definition) is 1. The summed E-state index contributed by atoms with van der Waals surface area (Å²) in [4.78, 5) is 0. The molecule has 0 heterocycles. The topological polar surface area (TPSA) is 26.0 Å². The largest absolute Gasteiger partial charge is 0.327 e. The zero-order chi connectivity index (χ0) is 7.28. The van der Waals surface area contributed by atoms with E-state index >= 15 is 0 Å². The van der Waals surface area contributed by atoms with Crippen molar-refractivity contribution in [3.63, 3.8) is 0 Å². The maximum Gasteiger partial charge on any atom is 0.00707 e. The lowest BCUT2D eigenvalue weighted by Gasteiger charge is -2.08. The Kier molecular flexibility index (Phi) is 4.41. The SMILES string of the molecule is CC/C=C\C(C)[C@@H](C)N. The molecule has 0 aliphatic heterocycles. The first-order valence-electron chi connectivity index (χ1n) is 3.60. The van der Waals surface area contributed by atoms with Gasteiger partial charge in [-0.15, -0.1) is 0 Å². The molecule has 0 aliphatic carbocycles. The fourth-order valence-corrected chi connectivity index (χ4v) is 0.526. The Bertz CT molecular complexity index is 84.6. The van der Waals surface area contributed by atoms with Crippen LogP contribution in [0.3, 0.4) is 0 Å². The summed E-state index contributed by atoms with van der Waals surface area (Å²) in [6.07, 6.45) is 5.44. The lowest BCUT2D eigenvalue weighted by atomic mass is 10.0. The van der Waals surface area contributed by atoms with Gasteiger partial charge in [-0.05, 0) is 19.3 Å². The molecule has 0 fully saturated rings. The van der Waals surface area contributed by atoms with Crippen molar-refractivity contribution in [3.8, 4) is 0 Å². The van der Waals surface area contributed by atoms with E-state index in [4.69, 9.17) is 5.73 Å². The van der Waals surface area contributed by atoms with Gasteiger partial charge in [-0.2, -0.15) is 0 Å². The van der Waals surface area contributed by atoms with Crippen molar-refractivity contribution in [1.82, 2.24) is 0 Å². The molecule has 0 spiro atoms. The smallest absolute Gasteiger partial charge is 0.00707 e. The first kappa shape index (κ1) is 8.70. The summed E-state index contributed by atoms with van der Waals surface area (Å²) in [5.74, 6) is 0.518. The highest BCUT2D eigenvalue weighted by atomic mass is 14.6. The van der Waals surface area contributed by atoms with Crippen LogP contribution in [0.25, 0.3) is 0 Å². The number of hydrogen-bond donors (Lipinski definition) is 1. The average molecular weight is 127 g/mol. The number of rotatable bonds is 3. The summed E-state index contributed by atoms with van der Waals surface area (Å²) in [6, 6.07) is 0.285. The van der Waals surface area contributed by atoms with Crippen LogP contribution < -0.4 is 5.73 Å². The number of allylic oxidation sites excluding steroid dienone is 1. The van der Waals surface area contributed by atoms with Gasteiger partial charge >= 0.3 is 0 Å². The second kappa shape index (κ2) is 4.57. The van der Waals surface area contributed by atoms with Crippen LogP contribution in [0.5, 0.6) is 0 Å². The minimum atomic E-state index is 0.285. The maximum absolute atomic E-state index is 5.63. The third-order valence-corrected chi connectivity index (χ3v) is 1.50. The van der Waals surface area contributed by atoms with Gasteiger partial charge in [0.1, 0.15) is 0 Å². The molecular formula is C8H17N. The van der Waals surface area contributed by atoms with Gasteiger partial charge < -0.3 is 5.73 Å². The van der Waals surface area contributed by atoms with Crippen LogP contribution in [0, 0.1) is 5.92 Å². The molecule has 2 atom stereocenters. The Morgan fingerprint density at radius 3 is 2.33 bits per heavy atom. The molecule has 1 heteroatoms. The monoisotopic (exact) mass is 127 g/mol. The summed E-state index contributed by atoms with van der Waals surface area (Å²) < 4.78 is 0. The van der Waals surface area contributed by atoms with Crippen molar-refractivity contribution in [2.45, 2.75) is 33.2 Å². The first-order valence-corrected chi connectivity index (χ1v) is 3.60. The molecule has 0 saturated carbocycles. The van der Waals surface area contributed by atoms with E-state index in [1.165, 1.54) is 0 Å². The lowest BCUT2D eigenvalue weighted by Crippen LogP contribution is -2.22. The molecule has 2 N–H and O–H groups in total. The van der Waals surface area contributed by atoms with Gasteiger partial charge in [-0.1, -0.05) is 26.0 Å². The van der Waals surface area contributed by atoms with Gasteiger partial charge in [0.25, 0.3) is 0 Å². The van der Waals surface area contributed by atoms with Gasteiger partial charge in [0.2, 0.25) is 0 Å². The summed E-state index contributed by atoms with van der Waals surface area (Å²) in [7, 11) is 0.